The van der Waals surface area contributed by atoms with Crippen molar-refractivity contribution in [2.45, 2.75) is 43.5 Å². The summed E-state index contributed by atoms with van der Waals surface area (Å²) in [5, 5.41) is 12.4. The Hall–Kier alpha value is -2.31. The number of benzene rings is 2. The molecular formula is C22H23ClN4OS. The van der Waals surface area contributed by atoms with Gasteiger partial charge < -0.3 is 9.88 Å². The van der Waals surface area contributed by atoms with E-state index >= 15 is 0 Å². The van der Waals surface area contributed by atoms with E-state index in [2.05, 4.69) is 20.1 Å². The van der Waals surface area contributed by atoms with Crippen LogP contribution in [0.1, 0.15) is 31.5 Å². The third kappa shape index (κ3) is 5.19. The van der Waals surface area contributed by atoms with Crippen LogP contribution in [0.3, 0.4) is 0 Å². The van der Waals surface area contributed by atoms with E-state index in [0.29, 0.717) is 6.42 Å². The van der Waals surface area contributed by atoms with Crippen molar-refractivity contribution in [1.82, 2.24) is 14.8 Å². The zero-order chi connectivity index (χ0) is 20.1. The number of rotatable bonds is 6. The van der Waals surface area contributed by atoms with Gasteiger partial charge in [0.15, 0.2) is 5.82 Å². The van der Waals surface area contributed by atoms with E-state index in [-0.39, 0.29) is 5.91 Å². The summed E-state index contributed by atoms with van der Waals surface area (Å²) in [6.45, 7) is 0.974. The summed E-state index contributed by atoms with van der Waals surface area (Å²) in [6.07, 6.45) is 5.03. The smallest absolute Gasteiger partial charge is 0.225 e. The molecule has 1 aliphatic heterocycles. The molecule has 3 aromatic rings. The number of thioether (sulfide) groups is 1. The van der Waals surface area contributed by atoms with Crippen molar-refractivity contribution in [3.63, 3.8) is 0 Å². The highest BCUT2D eigenvalue weighted by Gasteiger charge is 2.16. The molecule has 0 saturated carbocycles. The van der Waals surface area contributed by atoms with Gasteiger partial charge in [0.05, 0.1) is 0 Å². The number of aryl methyl sites for hydroxylation is 1. The first kappa shape index (κ1) is 20.0. The summed E-state index contributed by atoms with van der Waals surface area (Å²) in [5.41, 5.74) is 1.83. The minimum absolute atomic E-state index is 0.00978. The van der Waals surface area contributed by atoms with Crippen molar-refractivity contribution >= 4 is 35.0 Å². The van der Waals surface area contributed by atoms with Crippen molar-refractivity contribution in [3.05, 3.63) is 59.4 Å². The molecule has 4 rings (SSSR count). The van der Waals surface area contributed by atoms with Crippen molar-refractivity contribution in [3.8, 4) is 11.4 Å². The van der Waals surface area contributed by atoms with Gasteiger partial charge >= 0.3 is 0 Å². The number of nitrogens with one attached hydrogen (secondary N) is 1. The van der Waals surface area contributed by atoms with E-state index in [1.165, 1.54) is 19.3 Å². The molecule has 150 valence electrons. The summed E-state index contributed by atoms with van der Waals surface area (Å²) >= 11 is 7.54. The van der Waals surface area contributed by atoms with E-state index in [0.717, 1.165) is 51.5 Å². The molecule has 0 aliphatic carbocycles. The van der Waals surface area contributed by atoms with Gasteiger partial charge in [-0.05, 0) is 61.4 Å². The highest BCUT2D eigenvalue weighted by atomic mass is 35.5. The molecule has 0 spiro atoms. The maximum atomic E-state index is 12.2. The van der Waals surface area contributed by atoms with Gasteiger partial charge in [-0.2, -0.15) is 0 Å². The van der Waals surface area contributed by atoms with Crippen LogP contribution in [0.5, 0.6) is 0 Å². The number of anilines is 1. The van der Waals surface area contributed by atoms with Crippen molar-refractivity contribution in [1.29, 1.82) is 0 Å². The molecule has 0 bridgehead atoms. The lowest BCUT2D eigenvalue weighted by Gasteiger charge is -2.09. The minimum Gasteiger partial charge on any atom is -0.326 e. The number of carbonyl (C=O) groups excluding carboxylic acids is 1. The maximum absolute atomic E-state index is 12.2. The molecule has 2 aromatic carbocycles. The second-order valence-electron chi connectivity index (χ2n) is 7.08. The molecule has 0 radical (unpaired) electrons. The molecule has 1 aromatic heterocycles. The number of carbonyl (C=O) groups is 1. The van der Waals surface area contributed by atoms with Gasteiger partial charge in [0.25, 0.3) is 0 Å². The molecule has 1 aliphatic rings. The molecule has 0 fully saturated rings. The average molecular weight is 427 g/mol. The third-order valence-electron chi connectivity index (χ3n) is 4.95. The highest BCUT2D eigenvalue weighted by Crippen LogP contribution is 2.24. The Kier molecular flexibility index (Phi) is 6.52. The molecule has 1 N–H and O–H groups in total. The van der Waals surface area contributed by atoms with E-state index < -0.39 is 0 Å². The topological polar surface area (TPSA) is 59.8 Å². The van der Waals surface area contributed by atoms with Gasteiger partial charge in [-0.25, -0.2) is 0 Å². The summed E-state index contributed by atoms with van der Waals surface area (Å²) in [5.74, 6) is 2.72. The molecule has 2 heterocycles. The Bertz CT molecular complexity index is 969. The second-order valence-corrected chi connectivity index (χ2v) is 8.68. The van der Waals surface area contributed by atoms with Gasteiger partial charge in [-0.3, -0.25) is 4.79 Å². The number of amides is 1. The minimum atomic E-state index is 0.00978. The quantitative estimate of drug-likeness (QED) is 0.532. The van der Waals surface area contributed by atoms with Gasteiger partial charge in [-0.15, -0.1) is 22.0 Å². The van der Waals surface area contributed by atoms with Crippen LogP contribution in [0, 0.1) is 0 Å². The third-order valence-corrected chi connectivity index (χ3v) is 6.21. The standard InChI is InChI=1S/C22H23ClN4OS/c23-17-7-11-19(12-8-17)29-15-13-21(28)24-18-9-5-16(6-10-18)22-26-25-20-4-2-1-3-14-27(20)22/h5-12H,1-4,13-15H2,(H,24,28). The predicted octanol–water partition coefficient (Wildman–Crippen LogP) is 5.45. The van der Waals surface area contributed by atoms with Crippen molar-refractivity contribution in [2.24, 2.45) is 0 Å². The Balaban J connectivity index is 1.32. The predicted molar refractivity (Wildman–Crippen MR) is 118 cm³/mol. The van der Waals surface area contributed by atoms with Crippen LogP contribution in [0.2, 0.25) is 5.02 Å². The van der Waals surface area contributed by atoms with Crippen LogP contribution in [-0.4, -0.2) is 26.4 Å². The van der Waals surface area contributed by atoms with Gasteiger partial charge in [0, 0.05) is 46.3 Å². The Morgan fingerprint density at radius 2 is 1.83 bits per heavy atom. The van der Waals surface area contributed by atoms with E-state index in [1.807, 2.05) is 48.5 Å². The SMILES string of the molecule is O=C(CCSc1ccc(Cl)cc1)Nc1ccc(-c2nnc3n2CCCCC3)cc1. The molecule has 0 unspecified atom stereocenters. The van der Waals surface area contributed by atoms with E-state index in [9.17, 15) is 4.79 Å². The fourth-order valence-electron chi connectivity index (χ4n) is 3.42. The molecule has 29 heavy (non-hydrogen) atoms. The lowest BCUT2D eigenvalue weighted by atomic mass is 10.2. The molecule has 5 nitrogen and oxygen atoms in total. The summed E-state index contributed by atoms with van der Waals surface area (Å²) < 4.78 is 2.23. The van der Waals surface area contributed by atoms with Crippen LogP contribution >= 0.6 is 23.4 Å². The Labute approximate surface area is 179 Å². The van der Waals surface area contributed by atoms with Crippen LogP contribution in [0.4, 0.5) is 5.69 Å². The van der Waals surface area contributed by atoms with Crippen LogP contribution in [-0.2, 0) is 17.8 Å². The maximum Gasteiger partial charge on any atom is 0.225 e. The lowest BCUT2D eigenvalue weighted by molar-refractivity contribution is -0.115. The van der Waals surface area contributed by atoms with Crippen LogP contribution < -0.4 is 5.32 Å². The first-order valence-corrected chi connectivity index (χ1v) is 11.3. The Morgan fingerprint density at radius 3 is 2.62 bits per heavy atom. The largest absolute Gasteiger partial charge is 0.326 e. The number of nitrogens with zero attached hydrogens (tertiary/aromatic N) is 3. The second kappa shape index (κ2) is 9.46. The van der Waals surface area contributed by atoms with E-state index in [1.54, 1.807) is 11.8 Å². The molecule has 7 heteroatoms. The van der Waals surface area contributed by atoms with Crippen LogP contribution in [0.25, 0.3) is 11.4 Å². The lowest BCUT2D eigenvalue weighted by Crippen LogP contribution is -2.12. The summed E-state index contributed by atoms with van der Waals surface area (Å²) in [4.78, 5) is 13.3. The first-order chi connectivity index (χ1) is 14.2. The normalized spacial score (nSPS) is 13.6. The summed E-state index contributed by atoms with van der Waals surface area (Å²) in [6, 6.07) is 15.5. The fraction of sp³-hybridized carbons (Fsp3) is 0.318. The first-order valence-electron chi connectivity index (χ1n) is 9.90. The molecule has 0 atom stereocenters. The average Bonchev–Trinajstić information content (AvgIpc) is 2.98. The number of aromatic nitrogens is 3. The monoisotopic (exact) mass is 426 g/mol. The van der Waals surface area contributed by atoms with Crippen LogP contribution in [0.15, 0.2) is 53.4 Å². The molecular weight excluding hydrogens is 404 g/mol. The fourth-order valence-corrected chi connectivity index (χ4v) is 4.39. The number of fused-ring (bicyclic) bond motifs is 1. The number of hydrogen-bond acceptors (Lipinski definition) is 4. The molecule has 0 saturated heterocycles. The molecule has 1 amide bonds. The summed E-state index contributed by atoms with van der Waals surface area (Å²) in [7, 11) is 0. The number of hydrogen-bond donors (Lipinski definition) is 1. The highest BCUT2D eigenvalue weighted by molar-refractivity contribution is 7.99. The van der Waals surface area contributed by atoms with E-state index in [4.69, 9.17) is 11.6 Å². The van der Waals surface area contributed by atoms with Gasteiger partial charge in [0.2, 0.25) is 5.91 Å². The van der Waals surface area contributed by atoms with Gasteiger partial charge in [-0.1, -0.05) is 18.0 Å². The van der Waals surface area contributed by atoms with Crippen molar-refractivity contribution < 1.29 is 4.79 Å². The van der Waals surface area contributed by atoms with Gasteiger partial charge in [0.1, 0.15) is 5.82 Å². The number of halogens is 1. The zero-order valence-corrected chi connectivity index (χ0v) is 17.7. The van der Waals surface area contributed by atoms with Crippen molar-refractivity contribution in [2.75, 3.05) is 11.1 Å². The zero-order valence-electron chi connectivity index (χ0n) is 16.1. The Morgan fingerprint density at radius 1 is 1.03 bits per heavy atom.